The average molecular weight is 172 g/mol. The number of carboxylic acids is 1. The van der Waals surface area contributed by atoms with Gasteiger partial charge in [-0.05, 0) is 20.5 Å². The molecule has 4 nitrogen and oxygen atoms in total. The van der Waals surface area contributed by atoms with Gasteiger partial charge in [0.25, 0.3) is 0 Å². The second-order valence-corrected chi connectivity index (χ2v) is 3.39. The molecule has 0 unspecified atom stereocenters. The SMILES string of the molecule is CN1CCCN(C)C1CC(=O)O. The zero-order chi connectivity index (χ0) is 9.14. The lowest BCUT2D eigenvalue weighted by atomic mass is 10.2. The number of rotatable bonds is 2. The quantitative estimate of drug-likeness (QED) is 0.639. The largest absolute Gasteiger partial charge is 0.481 e. The third-order valence-corrected chi connectivity index (χ3v) is 2.40. The van der Waals surface area contributed by atoms with Gasteiger partial charge in [-0.25, -0.2) is 0 Å². The fraction of sp³-hybridized carbons (Fsp3) is 0.875. The first-order chi connectivity index (χ1) is 5.61. The minimum absolute atomic E-state index is 0.0799. The van der Waals surface area contributed by atoms with Crippen molar-refractivity contribution in [1.29, 1.82) is 0 Å². The molecule has 4 heteroatoms. The van der Waals surface area contributed by atoms with Crippen molar-refractivity contribution < 1.29 is 9.90 Å². The highest BCUT2D eigenvalue weighted by atomic mass is 16.4. The normalized spacial score (nSPS) is 22.8. The summed E-state index contributed by atoms with van der Waals surface area (Å²) in [6.45, 7) is 2.00. The maximum absolute atomic E-state index is 10.5. The molecule has 1 saturated heterocycles. The summed E-state index contributed by atoms with van der Waals surface area (Å²) in [7, 11) is 3.95. The van der Waals surface area contributed by atoms with Crippen LogP contribution in [0.15, 0.2) is 0 Å². The molecule has 0 aromatic heterocycles. The molecule has 0 atom stereocenters. The van der Waals surface area contributed by atoms with Crippen LogP contribution in [0.3, 0.4) is 0 Å². The Labute approximate surface area is 72.8 Å². The van der Waals surface area contributed by atoms with Gasteiger partial charge in [0.05, 0.1) is 12.6 Å². The lowest BCUT2D eigenvalue weighted by molar-refractivity contribution is -0.140. The van der Waals surface area contributed by atoms with Gasteiger partial charge in [0.1, 0.15) is 0 Å². The van der Waals surface area contributed by atoms with Gasteiger partial charge in [0.15, 0.2) is 0 Å². The second-order valence-electron chi connectivity index (χ2n) is 3.39. The first-order valence-corrected chi connectivity index (χ1v) is 4.23. The van der Waals surface area contributed by atoms with Crippen molar-refractivity contribution in [3.8, 4) is 0 Å². The van der Waals surface area contributed by atoms with Crippen molar-refractivity contribution in [2.75, 3.05) is 27.2 Å². The second kappa shape index (κ2) is 3.87. The number of hydrogen-bond acceptors (Lipinski definition) is 3. The molecule has 1 fully saturated rings. The Bertz CT molecular complexity index is 162. The fourth-order valence-electron chi connectivity index (χ4n) is 1.67. The summed E-state index contributed by atoms with van der Waals surface area (Å²) in [6, 6.07) is 0. The zero-order valence-corrected chi connectivity index (χ0v) is 7.66. The van der Waals surface area contributed by atoms with Crippen LogP contribution < -0.4 is 0 Å². The monoisotopic (exact) mass is 172 g/mol. The van der Waals surface area contributed by atoms with Crippen LogP contribution in [0.4, 0.5) is 0 Å². The predicted molar refractivity (Wildman–Crippen MR) is 45.9 cm³/mol. The van der Waals surface area contributed by atoms with E-state index in [1.165, 1.54) is 0 Å². The Kier molecular flexibility index (Phi) is 3.05. The maximum atomic E-state index is 10.5. The highest BCUT2D eigenvalue weighted by Crippen LogP contribution is 2.12. The topological polar surface area (TPSA) is 43.8 Å². The Balaban J connectivity index is 2.50. The highest BCUT2D eigenvalue weighted by Gasteiger charge is 2.25. The standard InChI is InChI=1S/C8H16N2O2/c1-9-4-3-5-10(2)7(9)6-8(11)12/h7H,3-6H2,1-2H3,(H,11,12). The number of carboxylic acid groups (broad SMARTS) is 1. The van der Waals surface area contributed by atoms with Crippen molar-refractivity contribution in [1.82, 2.24) is 9.80 Å². The average Bonchev–Trinajstić information content (AvgIpc) is 1.97. The molecule has 0 radical (unpaired) electrons. The van der Waals surface area contributed by atoms with Crippen LogP contribution in [-0.4, -0.2) is 54.2 Å². The van der Waals surface area contributed by atoms with E-state index in [-0.39, 0.29) is 12.6 Å². The number of hydrogen-bond donors (Lipinski definition) is 1. The zero-order valence-electron chi connectivity index (χ0n) is 7.66. The van der Waals surface area contributed by atoms with Gasteiger partial charge in [0.2, 0.25) is 0 Å². The summed E-state index contributed by atoms with van der Waals surface area (Å²) in [5, 5.41) is 8.65. The molecule has 12 heavy (non-hydrogen) atoms. The maximum Gasteiger partial charge on any atom is 0.306 e. The lowest BCUT2D eigenvalue weighted by Crippen LogP contribution is -2.51. The molecule has 0 aromatic carbocycles. The molecular weight excluding hydrogens is 156 g/mol. The molecule has 1 N–H and O–H groups in total. The van der Waals surface area contributed by atoms with E-state index >= 15 is 0 Å². The Morgan fingerprint density at radius 3 is 2.33 bits per heavy atom. The van der Waals surface area contributed by atoms with Crippen LogP contribution in [-0.2, 0) is 4.79 Å². The summed E-state index contributed by atoms with van der Waals surface area (Å²) in [6.07, 6.45) is 1.42. The Hall–Kier alpha value is -0.610. The first kappa shape index (κ1) is 9.48. The smallest absolute Gasteiger partial charge is 0.306 e. The molecule has 0 bridgehead atoms. The van der Waals surface area contributed by atoms with Gasteiger partial charge in [0, 0.05) is 13.1 Å². The number of aliphatic carboxylic acids is 1. The third-order valence-electron chi connectivity index (χ3n) is 2.40. The predicted octanol–water partition coefficient (Wildman–Crippen LogP) is 0.0545. The van der Waals surface area contributed by atoms with Crippen molar-refractivity contribution in [2.24, 2.45) is 0 Å². The van der Waals surface area contributed by atoms with E-state index in [0.29, 0.717) is 0 Å². The van der Waals surface area contributed by atoms with E-state index in [9.17, 15) is 4.79 Å². The van der Waals surface area contributed by atoms with Gasteiger partial charge in [-0.1, -0.05) is 0 Å². The van der Waals surface area contributed by atoms with Gasteiger partial charge in [-0.3, -0.25) is 14.6 Å². The van der Waals surface area contributed by atoms with Gasteiger partial charge in [-0.2, -0.15) is 0 Å². The van der Waals surface area contributed by atoms with Crippen LogP contribution in [0.1, 0.15) is 12.8 Å². The van der Waals surface area contributed by atoms with Gasteiger partial charge < -0.3 is 5.11 Å². The summed E-state index contributed by atoms with van der Waals surface area (Å²) in [5.41, 5.74) is 0. The Morgan fingerprint density at radius 1 is 1.42 bits per heavy atom. The Morgan fingerprint density at radius 2 is 1.92 bits per heavy atom. The van der Waals surface area contributed by atoms with Crippen molar-refractivity contribution in [3.05, 3.63) is 0 Å². The summed E-state index contributed by atoms with van der Waals surface area (Å²) >= 11 is 0. The molecule has 1 aliphatic rings. The molecule has 1 aliphatic heterocycles. The molecule has 0 amide bonds. The number of carbonyl (C=O) groups is 1. The van der Waals surface area contributed by atoms with E-state index in [1.54, 1.807) is 0 Å². The van der Waals surface area contributed by atoms with Gasteiger partial charge in [-0.15, -0.1) is 0 Å². The van der Waals surface area contributed by atoms with E-state index < -0.39 is 5.97 Å². The molecule has 0 saturated carbocycles. The minimum Gasteiger partial charge on any atom is -0.481 e. The molecule has 0 aromatic rings. The minimum atomic E-state index is -0.722. The summed E-state index contributed by atoms with van der Waals surface area (Å²) in [5.74, 6) is -0.722. The molecular formula is C8H16N2O2. The molecule has 70 valence electrons. The van der Waals surface area contributed by atoms with Crippen LogP contribution in [0, 0.1) is 0 Å². The van der Waals surface area contributed by atoms with Crippen LogP contribution in [0.5, 0.6) is 0 Å². The van der Waals surface area contributed by atoms with Crippen LogP contribution in [0.2, 0.25) is 0 Å². The van der Waals surface area contributed by atoms with Crippen LogP contribution in [0.25, 0.3) is 0 Å². The first-order valence-electron chi connectivity index (χ1n) is 4.23. The van der Waals surface area contributed by atoms with E-state index in [1.807, 2.05) is 14.1 Å². The van der Waals surface area contributed by atoms with E-state index in [0.717, 1.165) is 19.5 Å². The van der Waals surface area contributed by atoms with E-state index in [2.05, 4.69) is 9.80 Å². The lowest BCUT2D eigenvalue weighted by Gasteiger charge is -2.39. The van der Waals surface area contributed by atoms with Crippen molar-refractivity contribution >= 4 is 5.97 Å². The molecule has 1 rings (SSSR count). The summed E-state index contributed by atoms with van der Waals surface area (Å²) in [4.78, 5) is 14.7. The van der Waals surface area contributed by atoms with Crippen LogP contribution >= 0.6 is 0 Å². The van der Waals surface area contributed by atoms with Crippen molar-refractivity contribution in [3.63, 3.8) is 0 Å². The number of nitrogens with zero attached hydrogens (tertiary/aromatic N) is 2. The van der Waals surface area contributed by atoms with E-state index in [4.69, 9.17) is 5.11 Å². The molecule has 1 heterocycles. The highest BCUT2D eigenvalue weighted by molar-refractivity contribution is 5.67. The third kappa shape index (κ3) is 2.19. The van der Waals surface area contributed by atoms with Gasteiger partial charge >= 0.3 is 5.97 Å². The fourth-order valence-corrected chi connectivity index (χ4v) is 1.67. The molecule has 0 spiro atoms. The molecule has 0 aliphatic carbocycles. The van der Waals surface area contributed by atoms with Crippen molar-refractivity contribution in [2.45, 2.75) is 19.0 Å². The summed E-state index contributed by atoms with van der Waals surface area (Å²) < 4.78 is 0.